The van der Waals surface area contributed by atoms with Crippen LogP contribution in [0.4, 0.5) is 17.1 Å². The SMILES string of the molecule is c1ccc(-c2ccccc2-c2c(-c3ccccc3)cccc2N(c2cccc(-c3ccc4c5ccccc5n(-c5ccccc5)c4c3)c2)c2ccc3c(c2)oc2ccccc23)cc1. The van der Waals surface area contributed by atoms with Crippen molar-refractivity contribution in [2.45, 2.75) is 0 Å². The van der Waals surface area contributed by atoms with Gasteiger partial charge in [0.15, 0.2) is 0 Å². The lowest BCUT2D eigenvalue weighted by molar-refractivity contribution is 0.669. The summed E-state index contributed by atoms with van der Waals surface area (Å²) in [5.41, 5.74) is 17.6. The number of rotatable bonds is 8. The number of benzene rings is 10. The van der Waals surface area contributed by atoms with E-state index < -0.39 is 0 Å². The fraction of sp³-hybridized carbons (Fsp3) is 0. The Balaban J connectivity index is 1.11. The third-order valence-corrected chi connectivity index (χ3v) is 12.4. The molecule has 0 saturated heterocycles. The molecule has 0 saturated carbocycles. The highest BCUT2D eigenvalue weighted by molar-refractivity contribution is 6.11. The number of nitrogens with zero attached hydrogens (tertiary/aromatic N) is 2. The molecule has 10 aromatic carbocycles. The summed E-state index contributed by atoms with van der Waals surface area (Å²) in [5.74, 6) is 0. The van der Waals surface area contributed by atoms with E-state index in [4.69, 9.17) is 4.42 Å². The summed E-state index contributed by atoms with van der Waals surface area (Å²) in [6, 6.07) is 87.2. The zero-order valence-corrected chi connectivity index (χ0v) is 34.4. The second-order valence-corrected chi connectivity index (χ2v) is 16.1. The van der Waals surface area contributed by atoms with Crippen molar-refractivity contribution in [1.82, 2.24) is 4.57 Å². The van der Waals surface area contributed by atoms with E-state index in [9.17, 15) is 0 Å². The number of hydrogen-bond donors (Lipinski definition) is 0. The molecular formula is C60H40N2O. The first-order valence-electron chi connectivity index (χ1n) is 21.5. The van der Waals surface area contributed by atoms with E-state index in [1.54, 1.807) is 0 Å². The van der Waals surface area contributed by atoms with Crippen LogP contribution in [0.3, 0.4) is 0 Å². The lowest BCUT2D eigenvalue weighted by Gasteiger charge is -2.30. The highest BCUT2D eigenvalue weighted by atomic mass is 16.3. The van der Waals surface area contributed by atoms with Crippen LogP contribution in [0.2, 0.25) is 0 Å². The molecule has 0 aliphatic carbocycles. The zero-order chi connectivity index (χ0) is 41.7. The van der Waals surface area contributed by atoms with E-state index >= 15 is 0 Å². The minimum absolute atomic E-state index is 0.847. The minimum atomic E-state index is 0.847. The van der Waals surface area contributed by atoms with E-state index in [1.165, 1.54) is 32.9 Å². The lowest BCUT2D eigenvalue weighted by atomic mass is 9.87. The second kappa shape index (κ2) is 15.3. The lowest BCUT2D eigenvalue weighted by Crippen LogP contribution is -2.12. The molecule has 0 fully saturated rings. The first kappa shape index (κ1) is 36.5. The topological polar surface area (TPSA) is 21.3 Å². The molecule has 0 amide bonds. The molecule has 3 heteroatoms. The minimum Gasteiger partial charge on any atom is -0.456 e. The maximum Gasteiger partial charge on any atom is 0.137 e. The average molecular weight is 805 g/mol. The number of furan rings is 1. The van der Waals surface area contributed by atoms with Gasteiger partial charge in [0.05, 0.1) is 16.7 Å². The highest BCUT2D eigenvalue weighted by Crippen LogP contribution is 2.49. The van der Waals surface area contributed by atoms with Gasteiger partial charge in [-0.15, -0.1) is 0 Å². The molecule has 0 bridgehead atoms. The summed E-state index contributed by atoms with van der Waals surface area (Å²) in [7, 11) is 0. The number of anilines is 3. The number of para-hydroxylation sites is 3. The molecule has 0 spiro atoms. The maximum atomic E-state index is 6.58. The predicted molar refractivity (Wildman–Crippen MR) is 264 cm³/mol. The summed E-state index contributed by atoms with van der Waals surface area (Å²) >= 11 is 0. The van der Waals surface area contributed by atoms with Crippen molar-refractivity contribution in [3.63, 3.8) is 0 Å². The van der Waals surface area contributed by atoms with Gasteiger partial charge in [0.1, 0.15) is 11.2 Å². The van der Waals surface area contributed by atoms with Crippen molar-refractivity contribution in [3.05, 3.63) is 243 Å². The predicted octanol–water partition coefficient (Wildman–Crippen LogP) is 16.8. The number of hydrogen-bond acceptors (Lipinski definition) is 2. The van der Waals surface area contributed by atoms with Gasteiger partial charge in [0, 0.05) is 50.2 Å². The smallest absolute Gasteiger partial charge is 0.137 e. The fourth-order valence-corrected chi connectivity index (χ4v) is 9.55. The maximum absolute atomic E-state index is 6.58. The number of fused-ring (bicyclic) bond motifs is 6. The van der Waals surface area contributed by atoms with Crippen molar-refractivity contribution < 1.29 is 4.42 Å². The fourth-order valence-electron chi connectivity index (χ4n) is 9.55. The van der Waals surface area contributed by atoms with E-state index in [0.29, 0.717) is 0 Å². The van der Waals surface area contributed by atoms with Gasteiger partial charge in [-0.05, 0) is 99.6 Å². The van der Waals surface area contributed by atoms with E-state index in [2.05, 4.69) is 240 Å². The summed E-state index contributed by atoms with van der Waals surface area (Å²) in [6.45, 7) is 0. The first-order valence-corrected chi connectivity index (χ1v) is 21.5. The van der Waals surface area contributed by atoms with Gasteiger partial charge in [-0.2, -0.15) is 0 Å². The molecule has 0 atom stereocenters. The normalized spacial score (nSPS) is 11.5. The molecule has 0 aliphatic rings. The van der Waals surface area contributed by atoms with Crippen LogP contribution in [0.1, 0.15) is 0 Å². The molecule has 63 heavy (non-hydrogen) atoms. The van der Waals surface area contributed by atoms with Gasteiger partial charge >= 0.3 is 0 Å². The van der Waals surface area contributed by atoms with Gasteiger partial charge in [-0.3, -0.25) is 0 Å². The first-order chi connectivity index (χ1) is 31.3. The molecule has 2 heterocycles. The van der Waals surface area contributed by atoms with Gasteiger partial charge < -0.3 is 13.9 Å². The van der Waals surface area contributed by atoms with E-state index in [1.807, 2.05) is 12.1 Å². The Labute approximate surface area is 366 Å². The largest absolute Gasteiger partial charge is 0.456 e. The van der Waals surface area contributed by atoms with Crippen LogP contribution >= 0.6 is 0 Å². The van der Waals surface area contributed by atoms with Crippen LogP contribution in [0.5, 0.6) is 0 Å². The summed E-state index contributed by atoms with van der Waals surface area (Å²) in [5, 5.41) is 4.68. The Bertz CT molecular complexity index is 3620. The van der Waals surface area contributed by atoms with Crippen LogP contribution in [0.25, 0.3) is 93.9 Å². The van der Waals surface area contributed by atoms with Crippen LogP contribution in [0.15, 0.2) is 247 Å². The standard InChI is InChI=1S/C60H40N2O/c1-4-18-41(19-5-1)48-26-10-11-29-54(48)60-49(42-20-6-2-7-21-42)30-17-32-56(60)61(47-35-37-53-52-28-13-15-33-58(52)63-59(53)40-47)46-25-16-22-43(38-46)44-34-36-51-50-27-12-14-31-55(50)62(57(51)39-44)45-23-8-3-9-24-45/h1-40H. The van der Waals surface area contributed by atoms with Gasteiger partial charge in [0.25, 0.3) is 0 Å². The molecule has 0 aliphatic heterocycles. The van der Waals surface area contributed by atoms with Crippen molar-refractivity contribution in [1.29, 1.82) is 0 Å². The Morgan fingerprint density at radius 1 is 0.317 bits per heavy atom. The molecule has 2 aromatic heterocycles. The van der Waals surface area contributed by atoms with Crippen molar-refractivity contribution in [2.75, 3.05) is 4.90 Å². The van der Waals surface area contributed by atoms with Crippen molar-refractivity contribution in [2.24, 2.45) is 0 Å². The molecule has 12 rings (SSSR count). The van der Waals surface area contributed by atoms with Crippen molar-refractivity contribution in [3.8, 4) is 50.2 Å². The molecule has 12 aromatic rings. The monoisotopic (exact) mass is 804 g/mol. The summed E-state index contributed by atoms with van der Waals surface area (Å²) in [6.07, 6.45) is 0. The van der Waals surface area contributed by atoms with Crippen LogP contribution in [0, 0.1) is 0 Å². The zero-order valence-electron chi connectivity index (χ0n) is 34.4. The second-order valence-electron chi connectivity index (χ2n) is 16.1. The van der Waals surface area contributed by atoms with Crippen LogP contribution < -0.4 is 4.90 Å². The number of aromatic nitrogens is 1. The van der Waals surface area contributed by atoms with Gasteiger partial charge in [0.2, 0.25) is 0 Å². The average Bonchev–Trinajstić information content (AvgIpc) is 3.90. The molecular weight excluding hydrogens is 765 g/mol. The Morgan fingerprint density at radius 3 is 1.68 bits per heavy atom. The molecule has 3 nitrogen and oxygen atoms in total. The van der Waals surface area contributed by atoms with E-state index in [0.717, 1.165) is 78.1 Å². The van der Waals surface area contributed by atoms with Gasteiger partial charge in [-0.1, -0.05) is 176 Å². The Hall–Kier alpha value is -8.40. The van der Waals surface area contributed by atoms with Crippen molar-refractivity contribution >= 4 is 60.8 Å². The van der Waals surface area contributed by atoms with Crippen LogP contribution in [-0.4, -0.2) is 4.57 Å². The van der Waals surface area contributed by atoms with E-state index in [-0.39, 0.29) is 0 Å². The third-order valence-electron chi connectivity index (χ3n) is 12.4. The summed E-state index contributed by atoms with van der Waals surface area (Å²) < 4.78 is 8.96. The molecule has 0 unspecified atom stereocenters. The third kappa shape index (κ3) is 6.29. The Morgan fingerprint density at radius 2 is 0.873 bits per heavy atom. The molecule has 0 radical (unpaired) electrons. The molecule has 296 valence electrons. The van der Waals surface area contributed by atoms with Gasteiger partial charge in [-0.25, -0.2) is 0 Å². The summed E-state index contributed by atoms with van der Waals surface area (Å²) in [4.78, 5) is 2.42. The molecule has 0 N–H and O–H groups in total. The highest BCUT2D eigenvalue weighted by Gasteiger charge is 2.24. The van der Waals surface area contributed by atoms with Crippen LogP contribution in [-0.2, 0) is 0 Å². The Kier molecular flexibility index (Phi) is 8.83. The quantitative estimate of drug-likeness (QED) is 0.153.